The number of rotatable bonds is 4. The molecule has 6 heteroatoms. The van der Waals surface area contributed by atoms with Crippen LogP contribution in [0.2, 0.25) is 0 Å². The molecule has 5 N–H and O–H groups in total. The van der Waals surface area contributed by atoms with Gasteiger partial charge in [0, 0.05) is 6.20 Å². The van der Waals surface area contributed by atoms with E-state index < -0.39 is 5.91 Å². The fraction of sp³-hybridized carbons (Fsp3) is 0.154. The summed E-state index contributed by atoms with van der Waals surface area (Å²) in [7, 11) is 0. The number of nitrogens with one attached hydrogen (secondary N) is 1. The zero-order valence-electron chi connectivity index (χ0n) is 10.6. The SMILES string of the molecule is Cc1nccc(CNc2cccc(C(N)=O)c2N)n1. The number of benzene rings is 1. The van der Waals surface area contributed by atoms with Gasteiger partial charge in [-0.25, -0.2) is 9.97 Å². The average molecular weight is 257 g/mol. The van der Waals surface area contributed by atoms with Gasteiger partial charge in [-0.15, -0.1) is 0 Å². The van der Waals surface area contributed by atoms with Crippen molar-refractivity contribution in [1.82, 2.24) is 9.97 Å². The lowest BCUT2D eigenvalue weighted by Crippen LogP contribution is -2.15. The van der Waals surface area contributed by atoms with Crippen molar-refractivity contribution < 1.29 is 4.79 Å². The molecule has 2 aromatic rings. The number of anilines is 2. The van der Waals surface area contributed by atoms with Gasteiger partial charge >= 0.3 is 0 Å². The van der Waals surface area contributed by atoms with E-state index in [1.165, 1.54) is 0 Å². The number of carbonyl (C=O) groups is 1. The van der Waals surface area contributed by atoms with Crippen LogP contribution in [0.4, 0.5) is 11.4 Å². The van der Waals surface area contributed by atoms with E-state index in [9.17, 15) is 4.79 Å². The van der Waals surface area contributed by atoms with Gasteiger partial charge in [-0.2, -0.15) is 0 Å². The number of aromatic nitrogens is 2. The summed E-state index contributed by atoms with van der Waals surface area (Å²) in [6, 6.07) is 6.92. The molecule has 0 saturated heterocycles. The van der Waals surface area contributed by atoms with Crippen LogP contribution in [-0.4, -0.2) is 15.9 Å². The maximum atomic E-state index is 11.2. The smallest absolute Gasteiger partial charge is 0.250 e. The molecule has 1 aromatic carbocycles. The topological polar surface area (TPSA) is 107 Å². The van der Waals surface area contributed by atoms with E-state index in [1.807, 2.05) is 13.0 Å². The van der Waals surface area contributed by atoms with Crippen LogP contribution >= 0.6 is 0 Å². The highest BCUT2D eigenvalue weighted by Crippen LogP contribution is 2.22. The van der Waals surface area contributed by atoms with Crippen molar-refractivity contribution in [3.63, 3.8) is 0 Å². The minimum atomic E-state index is -0.543. The predicted octanol–water partition coefficient (Wildman–Crippen LogP) is 1.08. The minimum absolute atomic E-state index is 0.309. The Morgan fingerprint density at radius 1 is 1.37 bits per heavy atom. The van der Waals surface area contributed by atoms with Gasteiger partial charge in [0.15, 0.2) is 0 Å². The lowest BCUT2D eigenvalue weighted by Gasteiger charge is -2.11. The second kappa shape index (κ2) is 5.34. The molecule has 0 fully saturated rings. The van der Waals surface area contributed by atoms with Crippen LogP contribution in [0.3, 0.4) is 0 Å². The summed E-state index contributed by atoms with van der Waals surface area (Å²) in [5.74, 6) is 0.164. The number of amides is 1. The van der Waals surface area contributed by atoms with Crippen molar-refractivity contribution in [3.8, 4) is 0 Å². The zero-order chi connectivity index (χ0) is 13.8. The first-order valence-corrected chi connectivity index (χ1v) is 5.78. The van der Waals surface area contributed by atoms with Crippen LogP contribution in [-0.2, 0) is 6.54 Å². The third kappa shape index (κ3) is 2.98. The quantitative estimate of drug-likeness (QED) is 0.710. The number of hydrogen-bond donors (Lipinski definition) is 3. The zero-order valence-corrected chi connectivity index (χ0v) is 10.6. The molecule has 0 aliphatic rings. The lowest BCUT2D eigenvalue weighted by molar-refractivity contribution is 0.100. The summed E-state index contributed by atoms with van der Waals surface area (Å²) in [6.07, 6.45) is 1.70. The minimum Gasteiger partial charge on any atom is -0.396 e. The molecule has 0 aliphatic heterocycles. The first-order chi connectivity index (χ1) is 9.08. The highest BCUT2D eigenvalue weighted by Gasteiger charge is 2.09. The number of primary amides is 1. The largest absolute Gasteiger partial charge is 0.396 e. The van der Waals surface area contributed by atoms with E-state index in [0.29, 0.717) is 29.3 Å². The predicted molar refractivity (Wildman–Crippen MR) is 73.5 cm³/mol. The number of para-hydroxylation sites is 1. The van der Waals surface area contributed by atoms with E-state index in [1.54, 1.807) is 24.4 Å². The molecule has 0 bridgehead atoms. The fourth-order valence-corrected chi connectivity index (χ4v) is 1.72. The van der Waals surface area contributed by atoms with Crippen molar-refractivity contribution in [2.75, 3.05) is 11.1 Å². The average Bonchev–Trinajstić information content (AvgIpc) is 2.37. The van der Waals surface area contributed by atoms with Gasteiger partial charge < -0.3 is 16.8 Å². The number of nitrogens with two attached hydrogens (primary N) is 2. The molecule has 6 nitrogen and oxygen atoms in total. The first kappa shape index (κ1) is 12.8. The van der Waals surface area contributed by atoms with Gasteiger partial charge in [-0.1, -0.05) is 6.07 Å². The Kier molecular flexibility index (Phi) is 3.61. The van der Waals surface area contributed by atoms with Crippen LogP contribution < -0.4 is 16.8 Å². The molecule has 1 heterocycles. The highest BCUT2D eigenvalue weighted by atomic mass is 16.1. The lowest BCUT2D eigenvalue weighted by atomic mass is 10.1. The first-order valence-electron chi connectivity index (χ1n) is 5.78. The Morgan fingerprint density at radius 3 is 2.84 bits per heavy atom. The molecule has 0 aliphatic carbocycles. The van der Waals surface area contributed by atoms with E-state index >= 15 is 0 Å². The molecule has 1 amide bonds. The maximum Gasteiger partial charge on any atom is 0.250 e. The summed E-state index contributed by atoms with van der Waals surface area (Å²) in [6.45, 7) is 2.32. The van der Waals surface area contributed by atoms with Crippen molar-refractivity contribution in [3.05, 3.63) is 47.5 Å². The van der Waals surface area contributed by atoms with E-state index in [-0.39, 0.29) is 0 Å². The Labute approximate surface area is 110 Å². The Balaban J connectivity index is 2.16. The van der Waals surface area contributed by atoms with Crippen LogP contribution in [0.5, 0.6) is 0 Å². The highest BCUT2D eigenvalue weighted by molar-refractivity contribution is 6.00. The summed E-state index contributed by atoms with van der Waals surface area (Å²) < 4.78 is 0. The molecular formula is C13H15N5O. The molecule has 2 rings (SSSR count). The second-order valence-electron chi connectivity index (χ2n) is 4.08. The molecule has 0 unspecified atom stereocenters. The van der Waals surface area contributed by atoms with Gasteiger partial charge in [-0.05, 0) is 25.1 Å². The molecule has 0 saturated carbocycles. The van der Waals surface area contributed by atoms with E-state index in [2.05, 4.69) is 15.3 Å². The van der Waals surface area contributed by atoms with E-state index in [0.717, 1.165) is 5.69 Å². The number of hydrogen-bond acceptors (Lipinski definition) is 5. The molecule has 0 atom stereocenters. The van der Waals surface area contributed by atoms with Gasteiger partial charge in [0.05, 0.1) is 29.2 Å². The fourth-order valence-electron chi connectivity index (χ4n) is 1.72. The third-order valence-electron chi connectivity index (χ3n) is 2.67. The third-order valence-corrected chi connectivity index (χ3v) is 2.67. The summed E-state index contributed by atoms with van der Waals surface area (Å²) in [5.41, 5.74) is 13.3. The molecule has 19 heavy (non-hydrogen) atoms. The van der Waals surface area contributed by atoms with E-state index in [4.69, 9.17) is 11.5 Å². The Bertz CT molecular complexity index is 612. The molecule has 0 spiro atoms. The van der Waals surface area contributed by atoms with Crippen molar-refractivity contribution in [2.24, 2.45) is 5.73 Å². The van der Waals surface area contributed by atoms with Gasteiger partial charge in [0.25, 0.3) is 5.91 Å². The van der Waals surface area contributed by atoms with Crippen molar-refractivity contribution >= 4 is 17.3 Å². The standard InChI is InChI=1S/C13H15N5O/c1-8-16-6-5-9(18-8)7-17-11-4-2-3-10(12(11)14)13(15)19/h2-6,17H,7,14H2,1H3,(H2,15,19). The Morgan fingerprint density at radius 2 is 2.16 bits per heavy atom. The van der Waals surface area contributed by atoms with Gasteiger partial charge in [-0.3, -0.25) is 4.79 Å². The number of aryl methyl sites for hydroxylation is 1. The number of carbonyl (C=O) groups excluding carboxylic acids is 1. The summed E-state index contributed by atoms with van der Waals surface area (Å²) >= 11 is 0. The normalized spacial score (nSPS) is 10.2. The number of nitrogen functional groups attached to an aromatic ring is 1. The van der Waals surface area contributed by atoms with Crippen LogP contribution in [0.25, 0.3) is 0 Å². The second-order valence-corrected chi connectivity index (χ2v) is 4.08. The molecule has 0 radical (unpaired) electrons. The van der Waals surface area contributed by atoms with Crippen molar-refractivity contribution in [2.45, 2.75) is 13.5 Å². The van der Waals surface area contributed by atoms with Crippen LogP contribution in [0.1, 0.15) is 21.9 Å². The Hall–Kier alpha value is -2.63. The van der Waals surface area contributed by atoms with Gasteiger partial charge in [0.2, 0.25) is 0 Å². The maximum absolute atomic E-state index is 11.2. The molecule has 1 aromatic heterocycles. The molecular weight excluding hydrogens is 242 g/mol. The summed E-state index contributed by atoms with van der Waals surface area (Å²) in [5, 5.41) is 3.13. The van der Waals surface area contributed by atoms with Gasteiger partial charge in [0.1, 0.15) is 5.82 Å². The van der Waals surface area contributed by atoms with Crippen LogP contribution in [0, 0.1) is 6.92 Å². The van der Waals surface area contributed by atoms with Crippen molar-refractivity contribution in [1.29, 1.82) is 0 Å². The summed E-state index contributed by atoms with van der Waals surface area (Å²) in [4.78, 5) is 19.5. The molecule has 98 valence electrons. The van der Waals surface area contributed by atoms with Crippen LogP contribution in [0.15, 0.2) is 30.5 Å². The number of nitrogens with zero attached hydrogens (tertiary/aromatic N) is 2. The monoisotopic (exact) mass is 257 g/mol.